The quantitative estimate of drug-likeness (QED) is 0.163. The summed E-state index contributed by atoms with van der Waals surface area (Å²) in [6.45, 7) is 21.1. The Morgan fingerprint density at radius 3 is 1.41 bits per heavy atom. The first-order chi connectivity index (χ1) is 30.6. The molecule has 0 bridgehead atoms. The molecule has 0 unspecified atom stereocenters. The maximum Gasteiger partial charge on any atom is 0.252 e. The van der Waals surface area contributed by atoms with Crippen LogP contribution >= 0.6 is 11.3 Å². The summed E-state index contributed by atoms with van der Waals surface area (Å²) >= 11 is 1.88. The third-order valence-corrected chi connectivity index (χ3v) is 14.9. The van der Waals surface area contributed by atoms with Crippen LogP contribution in [0.3, 0.4) is 0 Å². The van der Waals surface area contributed by atoms with Gasteiger partial charge < -0.3 is 9.80 Å². The molecule has 0 aliphatic carbocycles. The minimum absolute atomic E-state index is 0.0202. The number of benzene rings is 8. The maximum atomic E-state index is 2.59. The van der Waals surface area contributed by atoms with E-state index in [4.69, 9.17) is 0 Å². The van der Waals surface area contributed by atoms with Crippen LogP contribution in [0.15, 0.2) is 170 Å². The zero-order valence-electron chi connectivity index (χ0n) is 38.5. The smallest absolute Gasteiger partial charge is 0.252 e. The van der Waals surface area contributed by atoms with Crippen molar-refractivity contribution in [1.29, 1.82) is 0 Å². The third kappa shape index (κ3) is 6.60. The molecule has 64 heavy (non-hydrogen) atoms. The van der Waals surface area contributed by atoms with Crippen LogP contribution in [0.1, 0.15) is 79.0 Å². The Hall–Kier alpha value is -6.36. The number of anilines is 6. The molecule has 2 aliphatic rings. The highest BCUT2D eigenvalue weighted by Gasteiger charge is 2.44. The molecule has 0 saturated carbocycles. The summed E-state index contributed by atoms with van der Waals surface area (Å²) in [6.07, 6.45) is 0. The molecule has 2 nitrogen and oxygen atoms in total. The van der Waals surface area contributed by atoms with Gasteiger partial charge >= 0.3 is 0 Å². The Balaban J connectivity index is 1.17. The van der Waals surface area contributed by atoms with E-state index in [-0.39, 0.29) is 23.0 Å². The summed E-state index contributed by atoms with van der Waals surface area (Å²) in [7, 11) is 0. The Bertz CT molecular complexity index is 3270. The normalized spacial score (nSPS) is 13.6. The SMILES string of the molecule is CC(C)(C)c1ccc2c(c1)N(c1ccc(-c3ccccc3)cc1)c1cc(C(C)(C)C)cc3c1B2c1ccc(C(C)(C)C)cc1N3c1ccc(-c2cccc3sc4ccccc4c23)cc1. The zero-order valence-corrected chi connectivity index (χ0v) is 39.4. The van der Waals surface area contributed by atoms with Crippen LogP contribution in [0.4, 0.5) is 34.1 Å². The summed E-state index contributed by atoms with van der Waals surface area (Å²) in [5, 5.41) is 2.67. The van der Waals surface area contributed by atoms with Gasteiger partial charge in [-0.15, -0.1) is 11.3 Å². The largest absolute Gasteiger partial charge is 0.311 e. The first-order valence-corrected chi connectivity index (χ1v) is 23.7. The van der Waals surface area contributed by atoms with Gasteiger partial charge in [0.2, 0.25) is 0 Å². The van der Waals surface area contributed by atoms with Crippen molar-refractivity contribution in [2.24, 2.45) is 0 Å². The van der Waals surface area contributed by atoms with Crippen molar-refractivity contribution in [3.8, 4) is 22.3 Å². The predicted octanol–water partition coefficient (Wildman–Crippen LogP) is 15.4. The van der Waals surface area contributed by atoms with Gasteiger partial charge in [0.25, 0.3) is 6.71 Å². The van der Waals surface area contributed by atoms with Crippen molar-refractivity contribution >= 4 is 88.7 Å². The molecule has 314 valence electrons. The number of rotatable bonds is 4. The molecular formula is C60H55BN2S. The summed E-state index contributed by atoms with van der Waals surface area (Å²) in [4.78, 5) is 5.16. The van der Waals surface area contributed by atoms with Crippen molar-refractivity contribution in [3.05, 3.63) is 187 Å². The van der Waals surface area contributed by atoms with E-state index in [1.165, 1.54) is 104 Å². The van der Waals surface area contributed by atoms with E-state index in [1.807, 2.05) is 11.3 Å². The summed E-state index contributed by atoms with van der Waals surface area (Å²) in [6, 6.07) is 64.6. The van der Waals surface area contributed by atoms with Gasteiger partial charge in [-0.1, -0.05) is 172 Å². The molecular weight excluding hydrogens is 792 g/mol. The second-order valence-corrected chi connectivity index (χ2v) is 22.1. The van der Waals surface area contributed by atoms with E-state index < -0.39 is 0 Å². The Kier molecular flexibility index (Phi) is 9.21. The van der Waals surface area contributed by atoms with Crippen LogP contribution in [0.25, 0.3) is 42.4 Å². The Morgan fingerprint density at radius 2 is 0.859 bits per heavy atom. The van der Waals surface area contributed by atoms with Crippen LogP contribution in [-0.4, -0.2) is 6.71 Å². The fraction of sp³-hybridized carbons (Fsp3) is 0.200. The van der Waals surface area contributed by atoms with Crippen LogP contribution in [0.5, 0.6) is 0 Å². The number of hydrogen-bond donors (Lipinski definition) is 0. The Labute approximate surface area is 383 Å². The fourth-order valence-electron chi connectivity index (χ4n) is 10.2. The lowest BCUT2D eigenvalue weighted by atomic mass is 9.33. The maximum absolute atomic E-state index is 2.59. The summed E-state index contributed by atoms with van der Waals surface area (Å²) in [5.41, 5.74) is 20.2. The molecule has 0 spiro atoms. The highest BCUT2D eigenvalue weighted by atomic mass is 32.1. The van der Waals surface area contributed by atoms with Gasteiger partial charge in [-0.3, -0.25) is 0 Å². The van der Waals surface area contributed by atoms with E-state index >= 15 is 0 Å². The molecule has 3 heterocycles. The molecule has 0 N–H and O–H groups in total. The van der Waals surface area contributed by atoms with Gasteiger partial charge in [-0.2, -0.15) is 0 Å². The first kappa shape index (κ1) is 40.4. The second kappa shape index (κ2) is 14.6. The third-order valence-electron chi connectivity index (χ3n) is 13.7. The standard InChI is InChI=1S/C60H55BN2S/c1-58(2,3)41-26-32-48-50(34-41)62(44-28-22-39(23-29-44)38-16-11-10-12-17-38)52-36-43(60(7,8)9)37-53-57(52)61(48)49-33-27-42(59(4,5)6)35-51(49)63(53)45-30-24-40(25-31-45)46-19-15-21-55-56(46)47-18-13-14-20-54(47)64-55/h10-37H,1-9H3. The molecule has 0 amide bonds. The van der Waals surface area contributed by atoms with Crippen LogP contribution in [0.2, 0.25) is 0 Å². The number of nitrogens with zero attached hydrogens (tertiary/aromatic N) is 2. The number of fused-ring (bicyclic) bond motifs is 7. The van der Waals surface area contributed by atoms with Crippen molar-refractivity contribution in [2.45, 2.75) is 78.6 Å². The van der Waals surface area contributed by atoms with Gasteiger partial charge in [0.1, 0.15) is 0 Å². The molecule has 2 aliphatic heterocycles. The molecule has 0 fully saturated rings. The van der Waals surface area contributed by atoms with E-state index in [2.05, 4.69) is 242 Å². The van der Waals surface area contributed by atoms with Crippen molar-refractivity contribution in [1.82, 2.24) is 0 Å². The predicted molar refractivity (Wildman–Crippen MR) is 280 cm³/mol. The molecule has 9 aromatic rings. The van der Waals surface area contributed by atoms with Crippen LogP contribution < -0.4 is 26.2 Å². The topological polar surface area (TPSA) is 6.48 Å². The first-order valence-electron chi connectivity index (χ1n) is 22.9. The average molecular weight is 847 g/mol. The van der Waals surface area contributed by atoms with E-state index in [9.17, 15) is 0 Å². The Morgan fingerprint density at radius 1 is 0.391 bits per heavy atom. The lowest BCUT2D eigenvalue weighted by Crippen LogP contribution is -2.61. The summed E-state index contributed by atoms with van der Waals surface area (Å²) in [5.74, 6) is 0. The lowest BCUT2D eigenvalue weighted by Gasteiger charge is -2.45. The minimum atomic E-state index is -0.109. The van der Waals surface area contributed by atoms with E-state index in [0.717, 1.165) is 5.69 Å². The highest BCUT2D eigenvalue weighted by Crippen LogP contribution is 2.48. The summed E-state index contributed by atoms with van der Waals surface area (Å²) < 4.78 is 2.66. The average Bonchev–Trinajstić information content (AvgIpc) is 3.67. The zero-order chi connectivity index (χ0) is 44.3. The monoisotopic (exact) mass is 846 g/mol. The van der Waals surface area contributed by atoms with Gasteiger partial charge in [-0.05, 0) is 132 Å². The van der Waals surface area contributed by atoms with Gasteiger partial charge in [0.15, 0.2) is 0 Å². The van der Waals surface area contributed by atoms with Gasteiger partial charge in [-0.25, -0.2) is 0 Å². The lowest BCUT2D eigenvalue weighted by molar-refractivity contribution is 0.590. The van der Waals surface area contributed by atoms with E-state index in [1.54, 1.807) is 0 Å². The molecule has 0 atom stereocenters. The molecule has 0 saturated heterocycles. The number of thiophene rings is 1. The van der Waals surface area contributed by atoms with Crippen LogP contribution in [0, 0.1) is 0 Å². The molecule has 8 aromatic carbocycles. The molecule has 0 radical (unpaired) electrons. The van der Waals surface area contributed by atoms with Gasteiger partial charge in [0, 0.05) is 54.3 Å². The van der Waals surface area contributed by atoms with Crippen molar-refractivity contribution < 1.29 is 0 Å². The number of hydrogen-bond acceptors (Lipinski definition) is 3. The molecule has 4 heteroatoms. The van der Waals surface area contributed by atoms with Gasteiger partial charge in [0.05, 0.1) is 0 Å². The van der Waals surface area contributed by atoms with Crippen molar-refractivity contribution in [2.75, 3.05) is 9.80 Å². The molecule has 1 aromatic heterocycles. The van der Waals surface area contributed by atoms with Crippen LogP contribution in [-0.2, 0) is 16.2 Å². The van der Waals surface area contributed by atoms with E-state index in [0.29, 0.717) is 0 Å². The fourth-order valence-corrected chi connectivity index (χ4v) is 11.3. The second-order valence-electron chi connectivity index (χ2n) is 21.1. The molecule has 11 rings (SSSR count). The minimum Gasteiger partial charge on any atom is -0.311 e. The highest BCUT2D eigenvalue weighted by molar-refractivity contribution is 7.26. The van der Waals surface area contributed by atoms with Crippen molar-refractivity contribution in [3.63, 3.8) is 0 Å².